The molecule has 0 radical (unpaired) electrons. The molecular weight excluding hydrogens is 226 g/mol. The molecule has 5 nitrogen and oxygen atoms in total. The van der Waals surface area contributed by atoms with Gasteiger partial charge in [-0.2, -0.15) is 4.98 Å². The van der Waals surface area contributed by atoms with Crippen molar-refractivity contribution in [2.45, 2.75) is 20.8 Å². The first-order valence-corrected chi connectivity index (χ1v) is 5.96. The minimum atomic E-state index is 0.205. The minimum Gasteiger partial charge on any atom is -0.383 e. The lowest BCUT2D eigenvalue weighted by Gasteiger charge is -2.03. The van der Waals surface area contributed by atoms with Crippen LogP contribution in [0.3, 0.4) is 0 Å². The molecule has 2 heterocycles. The topological polar surface area (TPSA) is 93.6 Å². The molecule has 0 bridgehead atoms. The summed E-state index contributed by atoms with van der Waals surface area (Å²) in [4.78, 5) is 11.4. The van der Waals surface area contributed by atoms with Crippen molar-refractivity contribution >= 4 is 33.6 Å². The van der Waals surface area contributed by atoms with E-state index < -0.39 is 0 Å². The first-order valence-electron chi connectivity index (χ1n) is 5.96. The Bertz CT molecular complexity index is 699. The Labute approximate surface area is 105 Å². The fourth-order valence-corrected chi connectivity index (χ4v) is 2.02. The summed E-state index contributed by atoms with van der Waals surface area (Å²) in [5.41, 5.74) is 14.3. The number of aromatic nitrogens is 3. The summed E-state index contributed by atoms with van der Waals surface area (Å²) in [6, 6.07) is 5.89. The Morgan fingerprint density at radius 3 is 2.56 bits per heavy atom. The Morgan fingerprint density at radius 2 is 1.83 bits per heavy atom. The predicted molar refractivity (Wildman–Crippen MR) is 76.3 cm³/mol. The summed E-state index contributed by atoms with van der Waals surface area (Å²) in [6.45, 7) is 6.00. The number of anilines is 2. The number of nitrogen functional groups attached to an aromatic ring is 2. The second kappa shape index (κ2) is 4.52. The summed E-state index contributed by atoms with van der Waals surface area (Å²) in [5, 5.41) is 1.89. The molecule has 2 aromatic heterocycles. The van der Waals surface area contributed by atoms with Crippen LogP contribution in [0.15, 0.2) is 18.2 Å². The molecule has 0 aliphatic carbocycles. The lowest BCUT2D eigenvalue weighted by atomic mass is 10.1. The number of nitrogens with two attached hydrogens (primary N) is 2. The number of hydrogen-bond donors (Lipinski definition) is 3. The van der Waals surface area contributed by atoms with Gasteiger partial charge in [0.05, 0.1) is 10.9 Å². The van der Waals surface area contributed by atoms with Gasteiger partial charge in [0.15, 0.2) is 0 Å². The van der Waals surface area contributed by atoms with Crippen LogP contribution in [0.25, 0.3) is 21.8 Å². The van der Waals surface area contributed by atoms with Crippen LogP contribution < -0.4 is 11.5 Å². The summed E-state index contributed by atoms with van der Waals surface area (Å²) in [7, 11) is 0. The number of aromatic amines is 1. The second-order valence-electron chi connectivity index (χ2n) is 3.84. The first-order chi connectivity index (χ1) is 8.65. The van der Waals surface area contributed by atoms with E-state index in [1.807, 2.05) is 39.0 Å². The van der Waals surface area contributed by atoms with Crippen LogP contribution in [0.5, 0.6) is 0 Å². The summed E-state index contributed by atoms with van der Waals surface area (Å²) in [6.07, 6.45) is 0. The Hall–Kier alpha value is -2.30. The molecule has 94 valence electrons. The number of hydrogen-bond acceptors (Lipinski definition) is 4. The fourth-order valence-electron chi connectivity index (χ4n) is 2.02. The summed E-state index contributed by atoms with van der Waals surface area (Å²) in [5.74, 6) is 0.628. The van der Waals surface area contributed by atoms with Crippen LogP contribution >= 0.6 is 0 Å². The molecule has 0 atom stereocenters. The van der Waals surface area contributed by atoms with Crippen LogP contribution in [0.1, 0.15) is 19.5 Å². The van der Waals surface area contributed by atoms with Gasteiger partial charge in [0, 0.05) is 16.6 Å². The zero-order valence-corrected chi connectivity index (χ0v) is 10.8. The number of fused-ring (bicyclic) bond motifs is 3. The predicted octanol–water partition coefficient (Wildman–Crippen LogP) is 2.61. The molecule has 3 aromatic rings. The van der Waals surface area contributed by atoms with Gasteiger partial charge in [0.1, 0.15) is 5.82 Å². The van der Waals surface area contributed by atoms with Gasteiger partial charge in [-0.25, -0.2) is 4.98 Å². The van der Waals surface area contributed by atoms with E-state index in [1.165, 1.54) is 0 Å². The van der Waals surface area contributed by atoms with Crippen molar-refractivity contribution in [3.63, 3.8) is 0 Å². The van der Waals surface area contributed by atoms with Gasteiger partial charge in [-0.1, -0.05) is 13.8 Å². The molecule has 5 N–H and O–H groups in total. The largest absolute Gasteiger partial charge is 0.383 e. The van der Waals surface area contributed by atoms with E-state index in [0.717, 1.165) is 27.5 Å². The third kappa shape index (κ3) is 1.84. The molecule has 0 amide bonds. The van der Waals surface area contributed by atoms with Crippen LogP contribution in [0, 0.1) is 6.92 Å². The van der Waals surface area contributed by atoms with Gasteiger partial charge in [-0.3, -0.25) is 0 Å². The van der Waals surface area contributed by atoms with Crippen LogP contribution in [0.4, 0.5) is 11.8 Å². The van der Waals surface area contributed by atoms with Crippen LogP contribution in [-0.4, -0.2) is 15.0 Å². The van der Waals surface area contributed by atoms with Gasteiger partial charge < -0.3 is 16.5 Å². The van der Waals surface area contributed by atoms with E-state index >= 15 is 0 Å². The highest BCUT2D eigenvalue weighted by atomic mass is 15.0. The highest BCUT2D eigenvalue weighted by Gasteiger charge is 2.08. The molecule has 0 fully saturated rings. The zero-order chi connectivity index (χ0) is 13.3. The van der Waals surface area contributed by atoms with Gasteiger partial charge in [0.2, 0.25) is 5.95 Å². The van der Waals surface area contributed by atoms with Crippen LogP contribution in [0.2, 0.25) is 0 Å². The van der Waals surface area contributed by atoms with Crippen molar-refractivity contribution in [2.24, 2.45) is 0 Å². The summed E-state index contributed by atoms with van der Waals surface area (Å²) >= 11 is 0. The smallest absolute Gasteiger partial charge is 0.222 e. The van der Waals surface area contributed by atoms with Crippen molar-refractivity contribution in [2.75, 3.05) is 11.5 Å². The average molecular weight is 243 g/mol. The van der Waals surface area contributed by atoms with E-state index in [1.54, 1.807) is 0 Å². The average Bonchev–Trinajstić information content (AvgIpc) is 2.71. The number of nitrogens with one attached hydrogen (secondary N) is 1. The van der Waals surface area contributed by atoms with E-state index in [4.69, 9.17) is 11.5 Å². The quantitative estimate of drug-likeness (QED) is 0.565. The normalized spacial score (nSPS) is 10.4. The molecule has 0 spiro atoms. The molecule has 0 unspecified atom stereocenters. The van der Waals surface area contributed by atoms with E-state index in [9.17, 15) is 0 Å². The van der Waals surface area contributed by atoms with Crippen LogP contribution in [-0.2, 0) is 0 Å². The van der Waals surface area contributed by atoms with Gasteiger partial charge in [0.25, 0.3) is 0 Å². The third-order valence-electron chi connectivity index (χ3n) is 2.64. The fraction of sp³-hybridized carbons (Fsp3) is 0.231. The first kappa shape index (κ1) is 12.2. The van der Waals surface area contributed by atoms with Crippen molar-refractivity contribution in [3.8, 4) is 0 Å². The molecule has 18 heavy (non-hydrogen) atoms. The van der Waals surface area contributed by atoms with Crippen molar-refractivity contribution in [3.05, 3.63) is 23.9 Å². The highest BCUT2D eigenvalue weighted by molar-refractivity contribution is 6.10. The maximum Gasteiger partial charge on any atom is 0.222 e. The van der Waals surface area contributed by atoms with E-state index in [-0.39, 0.29) is 5.95 Å². The van der Waals surface area contributed by atoms with E-state index in [2.05, 4.69) is 15.0 Å². The molecule has 3 rings (SSSR count). The molecular formula is C13H17N5. The number of H-pyrrole nitrogens is 1. The maximum atomic E-state index is 5.89. The molecule has 0 aliphatic rings. The highest BCUT2D eigenvalue weighted by Crippen LogP contribution is 2.28. The molecule has 5 heteroatoms. The van der Waals surface area contributed by atoms with E-state index in [0.29, 0.717) is 5.82 Å². The second-order valence-corrected chi connectivity index (χ2v) is 3.84. The monoisotopic (exact) mass is 243 g/mol. The minimum absolute atomic E-state index is 0.205. The lowest BCUT2D eigenvalue weighted by molar-refractivity contribution is 1.25. The Balaban J connectivity index is 0.000000574. The standard InChI is InChI=1S/C11H11N5.C2H6/c1-5-4-6-7(14-5)2-3-8-9(6)10(12)16-11(13)15-8;1-2/h2-4,14H,1H3,(H4,12,13,15,16);1-2H3. The summed E-state index contributed by atoms with van der Waals surface area (Å²) < 4.78 is 0. The number of benzene rings is 1. The van der Waals surface area contributed by atoms with Gasteiger partial charge in [-0.15, -0.1) is 0 Å². The van der Waals surface area contributed by atoms with Crippen molar-refractivity contribution < 1.29 is 0 Å². The lowest BCUT2D eigenvalue weighted by Crippen LogP contribution is -2.00. The molecule has 0 saturated heterocycles. The van der Waals surface area contributed by atoms with Gasteiger partial charge >= 0.3 is 0 Å². The number of rotatable bonds is 0. The Kier molecular flexibility index (Phi) is 3.06. The molecule has 1 aromatic carbocycles. The number of aryl methyl sites for hydroxylation is 1. The van der Waals surface area contributed by atoms with Crippen molar-refractivity contribution in [1.82, 2.24) is 15.0 Å². The maximum absolute atomic E-state index is 5.89. The number of nitrogens with zero attached hydrogens (tertiary/aromatic N) is 2. The zero-order valence-electron chi connectivity index (χ0n) is 10.8. The third-order valence-corrected chi connectivity index (χ3v) is 2.64. The molecule has 0 saturated carbocycles. The Morgan fingerprint density at radius 1 is 1.11 bits per heavy atom. The SMILES string of the molecule is CC.Cc1cc2c(ccc3nc(N)nc(N)c32)[nH]1. The molecule has 0 aliphatic heterocycles. The van der Waals surface area contributed by atoms with Gasteiger partial charge in [-0.05, 0) is 25.1 Å². The van der Waals surface area contributed by atoms with Crippen molar-refractivity contribution in [1.29, 1.82) is 0 Å².